The second-order valence-corrected chi connectivity index (χ2v) is 5.82. The minimum Gasteiger partial charge on any atom is -0.497 e. The zero-order valence-electron chi connectivity index (χ0n) is 12.5. The van der Waals surface area contributed by atoms with Crippen LogP contribution in [0, 0.1) is 0 Å². The second kappa shape index (κ2) is 4.77. The molecule has 1 atom stereocenters. The summed E-state index contributed by atoms with van der Waals surface area (Å²) in [6, 6.07) is 15.8. The van der Waals surface area contributed by atoms with Gasteiger partial charge in [0.25, 0.3) is 5.91 Å². The lowest BCUT2D eigenvalue weighted by atomic mass is 9.92. The van der Waals surface area contributed by atoms with Crippen LogP contribution in [-0.4, -0.2) is 19.6 Å². The Hall–Kier alpha value is -2.49. The van der Waals surface area contributed by atoms with Crippen molar-refractivity contribution in [3.63, 3.8) is 0 Å². The van der Waals surface area contributed by atoms with Crippen molar-refractivity contribution >= 4 is 11.6 Å². The molecule has 0 spiro atoms. The first-order valence-electron chi connectivity index (χ1n) is 7.58. The second-order valence-electron chi connectivity index (χ2n) is 5.82. The molecule has 2 heterocycles. The minimum atomic E-state index is -0.433. The average Bonchev–Trinajstić information content (AvgIpc) is 3.00. The molecule has 0 saturated carbocycles. The van der Waals surface area contributed by atoms with Crippen molar-refractivity contribution in [1.82, 2.24) is 5.32 Å². The van der Waals surface area contributed by atoms with Crippen molar-refractivity contribution in [2.24, 2.45) is 0 Å². The van der Waals surface area contributed by atoms with Crippen LogP contribution < -0.4 is 15.0 Å². The van der Waals surface area contributed by atoms with Crippen LogP contribution in [0.3, 0.4) is 0 Å². The number of methoxy groups -OCH3 is 1. The Morgan fingerprint density at radius 3 is 2.68 bits per heavy atom. The van der Waals surface area contributed by atoms with E-state index >= 15 is 0 Å². The molecule has 112 valence electrons. The lowest BCUT2D eigenvalue weighted by Crippen LogP contribution is -2.58. The maximum atomic E-state index is 12.6. The fourth-order valence-corrected chi connectivity index (χ4v) is 3.67. The summed E-state index contributed by atoms with van der Waals surface area (Å²) in [7, 11) is 1.66. The number of carbonyl (C=O) groups excluding carboxylic acids is 1. The summed E-state index contributed by atoms with van der Waals surface area (Å²) in [5.41, 5.74) is 2.46. The van der Waals surface area contributed by atoms with Gasteiger partial charge in [0.15, 0.2) is 0 Å². The molecule has 2 aromatic rings. The molecule has 4 rings (SSSR count). The number of benzene rings is 2. The Labute approximate surface area is 129 Å². The van der Waals surface area contributed by atoms with Crippen molar-refractivity contribution < 1.29 is 9.53 Å². The molecule has 4 nitrogen and oxygen atoms in total. The van der Waals surface area contributed by atoms with E-state index in [1.165, 1.54) is 0 Å². The molecule has 1 unspecified atom stereocenters. The highest BCUT2D eigenvalue weighted by molar-refractivity contribution is 6.02. The van der Waals surface area contributed by atoms with Gasteiger partial charge in [0.05, 0.1) is 18.4 Å². The fraction of sp³-hybridized carbons (Fsp3) is 0.278. The van der Waals surface area contributed by atoms with E-state index in [0.717, 1.165) is 42.0 Å². The van der Waals surface area contributed by atoms with Crippen LogP contribution in [0.5, 0.6) is 5.75 Å². The molecule has 1 saturated heterocycles. The SMILES string of the molecule is COc1ccc(C23CCCN2c2ccccc2C(=O)N3)cc1. The van der Waals surface area contributed by atoms with E-state index in [-0.39, 0.29) is 5.91 Å². The molecule has 4 heteroatoms. The number of hydrogen-bond donors (Lipinski definition) is 1. The van der Waals surface area contributed by atoms with Crippen molar-refractivity contribution in [2.45, 2.75) is 18.5 Å². The van der Waals surface area contributed by atoms with E-state index in [1.807, 2.05) is 48.5 Å². The first kappa shape index (κ1) is 13.2. The van der Waals surface area contributed by atoms with Gasteiger partial charge in [0, 0.05) is 6.54 Å². The molecular weight excluding hydrogens is 276 g/mol. The molecule has 22 heavy (non-hydrogen) atoms. The van der Waals surface area contributed by atoms with E-state index in [0.29, 0.717) is 0 Å². The van der Waals surface area contributed by atoms with Crippen LogP contribution in [0.4, 0.5) is 5.69 Å². The highest BCUT2D eigenvalue weighted by Gasteiger charge is 2.48. The predicted molar refractivity (Wildman–Crippen MR) is 85.2 cm³/mol. The Balaban J connectivity index is 1.85. The molecule has 0 bridgehead atoms. The van der Waals surface area contributed by atoms with Gasteiger partial charge in [-0.1, -0.05) is 24.3 Å². The van der Waals surface area contributed by atoms with Crippen molar-refractivity contribution in [1.29, 1.82) is 0 Å². The third kappa shape index (κ3) is 1.73. The number of hydrogen-bond acceptors (Lipinski definition) is 3. The number of amides is 1. The number of nitrogens with one attached hydrogen (secondary N) is 1. The third-order valence-corrected chi connectivity index (χ3v) is 4.71. The first-order chi connectivity index (χ1) is 10.7. The lowest BCUT2D eigenvalue weighted by molar-refractivity contribution is 0.0886. The number of ether oxygens (including phenoxy) is 1. The van der Waals surface area contributed by atoms with Crippen LogP contribution in [-0.2, 0) is 5.66 Å². The molecule has 1 fully saturated rings. The summed E-state index contributed by atoms with van der Waals surface area (Å²) in [5.74, 6) is 0.830. The van der Waals surface area contributed by atoms with Crippen molar-refractivity contribution in [2.75, 3.05) is 18.6 Å². The maximum absolute atomic E-state index is 12.6. The van der Waals surface area contributed by atoms with Gasteiger partial charge in [0.2, 0.25) is 0 Å². The highest BCUT2D eigenvalue weighted by atomic mass is 16.5. The van der Waals surface area contributed by atoms with Gasteiger partial charge in [0.1, 0.15) is 11.4 Å². The zero-order valence-corrected chi connectivity index (χ0v) is 12.5. The minimum absolute atomic E-state index is 0.00423. The Morgan fingerprint density at radius 1 is 1.14 bits per heavy atom. The number of fused-ring (bicyclic) bond motifs is 3. The summed E-state index contributed by atoms with van der Waals surface area (Å²) in [5, 5.41) is 3.25. The molecule has 2 aromatic carbocycles. The standard InChI is InChI=1S/C18H18N2O2/c1-22-14-9-7-13(8-10-14)18-11-4-12-20(18)16-6-3-2-5-15(16)17(21)19-18/h2-3,5-10H,4,11-12H2,1H3,(H,19,21). The molecule has 2 aliphatic rings. The van der Waals surface area contributed by atoms with Gasteiger partial charge >= 0.3 is 0 Å². The molecule has 0 radical (unpaired) electrons. The molecule has 1 amide bonds. The van der Waals surface area contributed by atoms with Crippen LogP contribution in [0.15, 0.2) is 48.5 Å². The number of nitrogens with zero attached hydrogens (tertiary/aromatic N) is 1. The normalized spacial score (nSPS) is 22.8. The van der Waals surface area contributed by atoms with Crippen LogP contribution >= 0.6 is 0 Å². The van der Waals surface area contributed by atoms with Gasteiger partial charge in [-0.3, -0.25) is 4.79 Å². The predicted octanol–water partition coefficient (Wildman–Crippen LogP) is 2.89. The van der Waals surface area contributed by atoms with Crippen LogP contribution in [0.2, 0.25) is 0 Å². The van der Waals surface area contributed by atoms with Crippen molar-refractivity contribution in [3.8, 4) is 5.75 Å². The van der Waals surface area contributed by atoms with E-state index < -0.39 is 5.66 Å². The van der Waals surface area contributed by atoms with E-state index in [9.17, 15) is 4.79 Å². The average molecular weight is 294 g/mol. The zero-order chi connectivity index (χ0) is 15.2. The van der Waals surface area contributed by atoms with E-state index in [4.69, 9.17) is 4.74 Å². The highest BCUT2D eigenvalue weighted by Crippen LogP contribution is 2.44. The van der Waals surface area contributed by atoms with Gasteiger partial charge in [-0.15, -0.1) is 0 Å². The number of para-hydroxylation sites is 1. The summed E-state index contributed by atoms with van der Waals surface area (Å²) in [6.07, 6.45) is 1.97. The largest absolute Gasteiger partial charge is 0.497 e. The summed E-state index contributed by atoms with van der Waals surface area (Å²) in [6.45, 7) is 0.948. The fourth-order valence-electron chi connectivity index (χ4n) is 3.67. The monoisotopic (exact) mass is 294 g/mol. The van der Waals surface area contributed by atoms with E-state index in [2.05, 4.69) is 10.2 Å². The molecular formula is C18H18N2O2. The summed E-state index contributed by atoms with van der Waals surface area (Å²) >= 11 is 0. The molecule has 0 aromatic heterocycles. The van der Waals surface area contributed by atoms with Gasteiger partial charge in [-0.05, 0) is 42.7 Å². The molecule has 2 aliphatic heterocycles. The Bertz CT molecular complexity index is 726. The van der Waals surface area contributed by atoms with Gasteiger partial charge in [-0.25, -0.2) is 0 Å². The Kier molecular flexibility index (Phi) is 2.86. The Morgan fingerprint density at radius 2 is 1.91 bits per heavy atom. The molecule has 1 N–H and O–H groups in total. The quantitative estimate of drug-likeness (QED) is 0.926. The van der Waals surface area contributed by atoms with Crippen LogP contribution in [0.1, 0.15) is 28.8 Å². The van der Waals surface area contributed by atoms with E-state index in [1.54, 1.807) is 7.11 Å². The number of anilines is 1. The van der Waals surface area contributed by atoms with Crippen LogP contribution in [0.25, 0.3) is 0 Å². The third-order valence-electron chi connectivity index (χ3n) is 4.71. The molecule has 0 aliphatic carbocycles. The topological polar surface area (TPSA) is 41.6 Å². The summed E-state index contributed by atoms with van der Waals surface area (Å²) in [4.78, 5) is 14.9. The smallest absolute Gasteiger partial charge is 0.255 e. The van der Waals surface area contributed by atoms with Gasteiger partial charge < -0.3 is 15.0 Å². The maximum Gasteiger partial charge on any atom is 0.255 e. The number of rotatable bonds is 2. The summed E-state index contributed by atoms with van der Waals surface area (Å²) < 4.78 is 5.24. The van der Waals surface area contributed by atoms with Gasteiger partial charge in [-0.2, -0.15) is 0 Å². The first-order valence-corrected chi connectivity index (χ1v) is 7.58. The number of carbonyl (C=O) groups is 1. The van der Waals surface area contributed by atoms with Crippen molar-refractivity contribution in [3.05, 3.63) is 59.7 Å². The lowest BCUT2D eigenvalue weighted by Gasteiger charge is -2.45.